The Labute approximate surface area is 253 Å². The maximum absolute atomic E-state index is 2.53. The van der Waals surface area contributed by atoms with Crippen molar-refractivity contribution in [1.82, 2.24) is 4.40 Å². The smallest absolute Gasteiger partial charge is 0.0782 e. The molecule has 2 aromatic heterocycles. The Morgan fingerprint density at radius 1 is 0.364 bits per heavy atom. The third-order valence-electron chi connectivity index (χ3n) is 9.45. The molecule has 0 spiro atoms. The largest absolute Gasteiger partial charge is 0.308 e. The lowest BCUT2D eigenvalue weighted by Gasteiger charge is -2.28. The summed E-state index contributed by atoms with van der Waals surface area (Å²) < 4.78 is 2.53. The first-order valence-corrected chi connectivity index (χ1v) is 15.2. The topological polar surface area (TPSA) is 7.65 Å². The van der Waals surface area contributed by atoms with Crippen molar-refractivity contribution in [3.05, 3.63) is 158 Å². The van der Waals surface area contributed by atoms with Crippen molar-refractivity contribution in [3.63, 3.8) is 0 Å². The minimum atomic E-state index is 1.14. The molecule has 2 nitrogen and oxygen atoms in total. The van der Waals surface area contributed by atoms with Crippen LogP contribution in [0.5, 0.6) is 0 Å². The van der Waals surface area contributed by atoms with E-state index in [0.29, 0.717) is 0 Å². The molecule has 0 amide bonds. The average molecular weight is 559 g/mol. The molecule has 0 atom stereocenters. The lowest BCUT2D eigenvalue weighted by atomic mass is 9.99. The molecule has 10 rings (SSSR count). The summed E-state index contributed by atoms with van der Waals surface area (Å²) in [6, 6.07) is 57.8. The molecule has 2 heterocycles. The van der Waals surface area contributed by atoms with Crippen molar-refractivity contribution < 1.29 is 0 Å². The van der Waals surface area contributed by atoms with E-state index in [0.717, 1.165) is 11.4 Å². The number of anilines is 3. The molecular weight excluding hydrogens is 532 g/mol. The van der Waals surface area contributed by atoms with Gasteiger partial charge in [0.15, 0.2) is 0 Å². The van der Waals surface area contributed by atoms with Gasteiger partial charge in [-0.2, -0.15) is 0 Å². The van der Waals surface area contributed by atoms with Crippen molar-refractivity contribution in [3.8, 4) is 0 Å². The molecule has 0 radical (unpaired) electrons. The van der Waals surface area contributed by atoms with Gasteiger partial charge in [0.05, 0.1) is 27.9 Å². The van der Waals surface area contributed by atoms with Crippen LogP contribution in [0.15, 0.2) is 158 Å². The number of aromatic nitrogens is 1. The summed E-state index contributed by atoms with van der Waals surface area (Å²) in [6.45, 7) is 0. The molecule has 0 aliphatic rings. The maximum Gasteiger partial charge on any atom is 0.0782 e. The Balaban J connectivity index is 1.42. The van der Waals surface area contributed by atoms with Gasteiger partial charge in [0.2, 0.25) is 0 Å². The first-order valence-electron chi connectivity index (χ1n) is 15.2. The van der Waals surface area contributed by atoms with Crippen LogP contribution in [0.1, 0.15) is 0 Å². The molecule has 0 unspecified atom stereocenters. The summed E-state index contributed by atoms with van der Waals surface area (Å²) in [7, 11) is 0. The van der Waals surface area contributed by atoms with Crippen molar-refractivity contribution in [2.75, 3.05) is 4.90 Å². The first-order chi connectivity index (χ1) is 21.8. The van der Waals surface area contributed by atoms with Crippen LogP contribution in [0.3, 0.4) is 0 Å². The van der Waals surface area contributed by atoms with Crippen LogP contribution in [-0.4, -0.2) is 4.40 Å². The average Bonchev–Trinajstić information content (AvgIpc) is 3.44. The number of rotatable bonds is 3. The van der Waals surface area contributed by atoms with Gasteiger partial charge >= 0.3 is 0 Å². The fraction of sp³-hybridized carbons (Fsp3) is 0. The van der Waals surface area contributed by atoms with E-state index in [4.69, 9.17) is 0 Å². The summed E-state index contributed by atoms with van der Waals surface area (Å²) in [5.74, 6) is 0. The number of fused-ring (bicyclic) bond motifs is 8. The second-order valence-electron chi connectivity index (χ2n) is 11.8. The zero-order chi connectivity index (χ0) is 28.8. The molecule has 0 N–H and O–H groups in total. The van der Waals surface area contributed by atoms with E-state index in [1.807, 2.05) is 0 Å². The van der Waals surface area contributed by atoms with Gasteiger partial charge in [0.25, 0.3) is 0 Å². The molecule has 10 aromatic rings. The normalized spacial score (nSPS) is 12.1. The van der Waals surface area contributed by atoms with Crippen LogP contribution in [0, 0.1) is 0 Å². The molecule has 0 aliphatic heterocycles. The van der Waals surface area contributed by atoms with Gasteiger partial charge in [-0.15, -0.1) is 0 Å². The minimum absolute atomic E-state index is 1.14. The molecule has 2 heteroatoms. The van der Waals surface area contributed by atoms with E-state index in [1.165, 1.54) is 76.1 Å². The van der Waals surface area contributed by atoms with Gasteiger partial charge in [-0.1, -0.05) is 127 Å². The number of hydrogen-bond donors (Lipinski definition) is 0. The fourth-order valence-corrected chi connectivity index (χ4v) is 7.57. The van der Waals surface area contributed by atoms with Gasteiger partial charge in [0.1, 0.15) is 0 Å². The van der Waals surface area contributed by atoms with Crippen LogP contribution >= 0.6 is 0 Å². The van der Waals surface area contributed by atoms with Gasteiger partial charge in [-0.05, 0) is 57.3 Å². The molecule has 0 saturated heterocycles. The van der Waals surface area contributed by atoms with E-state index in [-0.39, 0.29) is 0 Å². The van der Waals surface area contributed by atoms with E-state index in [9.17, 15) is 0 Å². The fourth-order valence-electron chi connectivity index (χ4n) is 7.57. The lowest BCUT2D eigenvalue weighted by molar-refractivity contribution is 1.28. The molecule has 8 aromatic carbocycles. The predicted octanol–water partition coefficient (Wildman–Crippen LogP) is 11.8. The van der Waals surface area contributed by atoms with Gasteiger partial charge in [-0.3, -0.25) is 0 Å². The second kappa shape index (κ2) is 8.82. The summed E-state index contributed by atoms with van der Waals surface area (Å²) in [6.07, 6.45) is 0. The molecule has 0 aliphatic carbocycles. The predicted molar refractivity (Wildman–Crippen MR) is 188 cm³/mol. The number of nitrogens with zero attached hydrogens (tertiary/aromatic N) is 2. The third-order valence-corrected chi connectivity index (χ3v) is 9.45. The third kappa shape index (κ3) is 3.14. The Bertz CT molecular complexity index is 2730. The van der Waals surface area contributed by atoms with Crippen LogP contribution in [0.25, 0.3) is 70.4 Å². The molecule has 0 saturated carbocycles. The quantitative estimate of drug-likeness (QED) is 0.155. The highest BCUT2D eigenvalue weighted by atomic mass is 15.2. The van der Waals surface area contributed by atoms with E-state index >= 15 is 0 Å². The highest BCUT2D eigenvalue weighted by molar-refractivity contribution is 6.29. The van der Waals surface area contributed by atoms with Crippen molar-refractivity contribution in [1.29, 1.82) is 0 Å². The van der Waals surface area contributed by atoms with E-state index < -0.39 is 0 Å². The monoisotopic (exact) mass is 558 g/mol. The molecule has 0 fully saturated rings. The van der Waals surface area contributed by atoms with Crippen molar-refractivity contribution in [2.45, 2.75) is 0 Å². The molecule has 0 bridgehead atoms. The summed E-state index contributed by atoms with van der Waals surface area (Å²) >= 11 is 0. The maximum atomic E-state index is 2.53. The van der Waals surface area contributed by atoms with Gasteiger partial charge in [-0.25, -0.2) is 0 Å². The lowest BCUT2D eigenvalue weighted by Crippen LogP contribution is -2.11. The highest BCUT2D eigenvalue weighted by Gasteiger charge is 2.24. The van der Waals surface area contributed by atoms with Crippen LogP contribution in [0.2, 0.25) is 0 Å². The summed E-state index contributed by atoms with van der Waals surface area (Å²) in [5.41, 5.74) is 7.20. The van der Waals surface area contributed by atoms with E-state index in [2.05, 4.69) is 167 Å². The zero-order valence-corrected chi connectivity index (χ0v) is 23.9. The summed E-state index contributed by atoms with van der Waals surface area (Å²) in [4.78, 5) is 2.47. The zero-order valence-electron chi connectivity index (χ0n) is 23.9. The van der Waals surface area contributed by atoms with Gasteiger partial charge < -0.3 is 9.30 Å². The van der Waals surface area contributed by atoms with Crippen LogP contribution in [-0.2, 0) is 0 Å². The standard InChI is InChI=1S/C42H26N2/c1-2-12-30-26-31(24-22-27(30)10-1)43(37-20-8-13-28-11-3-4-15-32(28)37)39-21-9-18-35-36-25-23-29-14-7-17-34-33-16-5-6-19-38(33)44(41(35)39)42(36)40(29)34/h1-26H. The SMILES string of the molecule is c1ccc2cc(N(c3cccc4ccccc34)c3cccc4c5ccc6cccc7c8ccccc8n(c34)c5c67)ccc2c1. The number of para-hydroxylation sites is 2. The Morgan fingerprint density at radius 3 is 1.91 bits per heavy atom. The van der Waals surface area contributed by atoms with Crippen molar-refractivity contribution >= 4 is 87.5 Å². The van der Waals surface area contributed by atoms with E-state index in [1.54, 1.807) is 0 Å². The van der Waals surface area contributed by atoms with Crippen LogP contribution in [0.4, 0.5) is 17.1 Å². The molecule has 204 valence electrons. The minimum Gasteiger partial charge on any atom is -0.308 e. The van der Waals surface area contributed by atoms with Crippen LogP contribution < -0.4 is 4.90 Å². The summed E-state index contributed by atoms with van der Waals surface area (Å²) in [5, 5.41) is 12.6. The highest BCUT2D eigenvalue weighted by Crippen LogP contribution is 2.47. The number of pyridine rings is 1. The Hall–Kier alpha value is -5.86. The number of benzene rings is 8. The Kier molecular flexibility index (Phi) is 4.75. The first kappa shape index (κ1) is 23.7. The number of hydrogen-bond acceptors (Lipinski definition) is 1. The van der Waals surface area contributed by atoms with Crippen molar-refractivity contribution in [2.24, 2.45) is 0 Å². The Morgan fingerprint density at radius 2 is 0.977 bits per heavy atom. The van der Waals surface area contributed by atoms with Gasteiger partial charge in [0, 0.05) is 32.6 Å². The second-order valence-corrected chi connectivity index (χ2v) is 11.8. The molecular formula is C42H26N2. The molecule has 44 heavy (non-hydrogen) atoms.